The lowest BCUT2D eigenvalue weighted by molar-refractivity contribution is 0.115. The summed E-state index contributed by atoms with van der Waals surface area (Å²) in [6, 6.07) is 0. The van der Waals surface area contributed by atoms with Gasteiger partial charge in [-0.1, -0.05) is 0 Å². The fourth-order valence-corrected chi connectivity index (χ4v) is 1.93. The van der Waals surface area contributed by atoms with Crippen LogP contribution in [-0.4, -0.2) is 11.6 Å². The van der Waals surface area contributed by atoms with Crippen LogP contribution in [-0.2, 0) is 10.3 Å². The van der Waals surface area contributed by atoms with Crippen LogP contribution < -0.4 is 5.90 Å². The first-order valence-corrected chi connectivity index (χ1v) is 4.52. The van der Waals surface area contributed by atoms with Gasteiger partial charge in [-0.15, -0.1) is 11.3 Å². The zero-order valence-electron chi connectivity index (χ0n) is 6.12. The molecule has 0 bridgehead atoms. The smallest absolute Gasteiger partial charge is 0.0794 e. The Morgan fingerprint density at radius 2 is 2.55 bits per heavy atom. The van der Waals surface area contributed by atoms with Crippen LogP contribution in [0.25, 0.3) is 0 Å². The van der Waals surface area contributed by atoms with E-state index in [9.17, 15) is 0 Å². The topological polar surface area (TPSA) is 48.1 Å². The van der Waals surface area contributed by atoms with Crippen LogP contribution in [0.15, 0.2) is 10.9 Å². The average molecular weight is 170 g/mol. The SMILES string of the molecule is NOCC1(c2cscn2)CC1. The largest absolute Gasteiger partial charge is 0.304 e. The van der Waals surface area contributed by atoms with Gasteiger partial charge < -0.3 is 4.84 Å². The minimum Gasteiger partial charge on any atom is -0.304 e. The molecule has 0 radical (unpaired) electrons. The van der Waals surface area contributed by atoms with Gasteiger partial charge in [-0.05, 0) is 12.8 Å². The highest BCUT2D eigenvalue weighted by atomic mass is 32.1. The summed E-state index contributed by atoms with van der Waals surface area (Å²) in [7, 11) is 0. The van der Waals surface area contributed by atoms with Crippen LogP contribution in [0, 0.1) is 0 Å². The monoisotopic (exact) mass is 170 g/mol. The predicted octanol–water partition coefficient (Wildman–Crippen LogP) is 1.06. The number of nitrogens with two attached hydrogens (primary N) is 1. The highest BCUT2D eigenvalue weighted by Gasteiger charge is 2.46. The summed E-state index contributed by atoms with van der Waals surface area (Å²) in [6.07, 6.45) is 2.32. The Balaban J connectivity index is 2.15. The van der Waals surface area contributed by atoms with Crippen LogP contribution in [0.3, 0.4) is 0 Å². The summed E-state index contributed by atoms with van der Waals surface area (Å²) < 4.78 is 0. The first-order valence-electron chi connectivity index (χ1n) is 3.58. The lowest BCUT2D eigenvalue weighted by Gasteiger charge is -2.08. The Kier molecular flexibility index (Phi) is 1.67. The maximum Gasteiger partial charge on any atom is 0.0794 e. The summed E-state index contributed by atoms with van der Waals surface area (Å²) in [5.41, 5.74) is 3.17. The lowest BCUT2D eigenvalue weighted by Crippen LogP contribution is -2.18. The first-order chi connectivity index (χ1) is 5.37. The van der Waals surface area contributed by atoms with E-state index in [-0.39, 0.29) is 5.41 Å². The summed E-state index contributed by atoms with van der Waals surface area (Å²) in [5, 5.41) is 2.08. The minimum absolute atomic E-state index is 0.175. The molecule has 1 aromatic heterocycles. The van der Waals surface area contributed by atoms with Crippen molar-refractivity contribution < 1.29 is 4.84 Å². The standard InChI is InChI=1S/C7H10N2OS/c8-10-4-7(1-2-7)6-3-11-5-9-6/h3,5H,1-2,4,8H2. The van der Waals surface area contributed by atoms with Crippen LogP contribution >= 0.6 is 11.3 Å². The fourth-order valence-electron chi connectivity index (χ4n) is 1.26. The molecule has 60 valence electrons. The predicted molar refractivity (Wildman–Crippen MR) is 43.2 cm³/mol. The molecule has 0 spiro atoms. The maximum atomic E-state index is 5.04. The van der Waals surface area contributed by atoms with E-state index in [1.165, 1.54) is 0 Å². The van der Waals surface area contributed by atoms with Crippen molar-refractivity contribution in [2.45, 2.75) is 18.3 Å². The van der Waals surface area contributed by atoms with Gasteiger partial charge in [0.15, 0.2) is 0 Å². The van der Waals surface area contributed by atoms with Crippen LogP contribution in [0.5, 0.6) is 0 Å². The van der Waals surface area contributed by atoms with E-state index in [0.717, 1.165) is 18.5 Å². The van der Waals surface area contributed by atoms with Gasteiger partial charge in [0.2, 0.25) is 0 Å². The Morgan fingerprint density at radius 3 is 3.00 bits per heavy atom. The van der Waals surface area contributed by atoms with E-state index in [0.29, 0.717) is 6.61 Å². The molecule has 3 nitrogen and oxygen atoms in total. The number of rotatable bonds is 3. The number of aromatic nitrogens is 1. The van der Waals surface area contributed by atoms with Gasteiger partial charge in [-0.25, -0.2) is 10.9 Å². The second-order valence-electron chi connectivity index (χ2n) is 2.97. The summed E-state index contributed by atoms with van der Waals surface area (Å²) in [6.45, 7) is 0.608. The number of hydrogen-bond acceptors (Lipinski definition) is 4. The van der Waals surface area contributed by atoms with Gasteiger partial charge in [0.05, 0.1) is 17.8 Å². The third-order valence-corrected chi connectivity index (χ3v) is 2.78. The van der Waals surface area contributed by atoms with E-state index < -0.39 is 0 Å². The van der Waals surface area contributed by atoms with Crippen molar-refractivity contribution in [3.63, 3.8) is 0 Å². The lowest BCUT2D eigenvalue weighted by atomic mass is 10.1. The second-order valence-corrected chi connectivity index (χ2v) is 3.68. The van der Waals surface area contributed by atoms with Gasteiger partial charge in [0.25, 0.3) is 0 Å². The van der Waals surface area contributed by atoms with E-state index in [1.807, 2.05) is 5.51 Å². The zero-order valence-corrected chi connectivity index (χ0v) is 6.93. The van der Waals surface area contributed by atoms with E-state index in [4.69, 9.17) is 5.90 Å². The third kappa shape index (κ3) is 1.17. The highest BCUT2D eigenvalue weighted by Crippen LogP contribution is 2.47. The summed E-state index contributed by atoms with van der Waals surface area (Å²) in [5.74, 6) is 5.04. The molecular formula is C7H10N2OS. The van der Waals surface area contributed by atoms with Crippen molar-refractivity contribution in [1.82, 2.24) is 4.98 Å². The van der Waals surface area contributed by atoms with Crippen molar-refractivity contribution in [3.8, 4) is 0 Å². The third-order valence-electron chi connectivity index (χ3n) is 2.19. The van der Waals surface area contributed by atoms with Gasteiger partial charge in [-0.3, -0.25) is 0 Å². The summed E-state index contributed by atoms with van der Waals surface area (Å²) in [4.78, 5) is 8.91. The van der Waals surface area contributed by atoms with Crippen molar-refractivity contribution in [2.24, 2.45) is 5.90 Å². The van der Waals surface area contributed by atoms with Gasteiger partial charge in [0, 0.05) is 10.8 Å². The molecule has 0 saturated heterocycles. The Morgan fingerprint density at radius 1 is 1.73 bits per heavy atom. The number of thiazole rings is 1. The van der Waals surface area contributed by atoms with E-state index >= 15 is 0 Å². The molecule has 2 rings (SSSR count). The van der Waals surface area contributed by atoms with E-state index in [2.05, 4.69) is 15.2 Å². The van der Waals surface area contributed by atoms with Gasteiger partial charge in [-0.2, -0.15) is 0 Å². The molecular weight excluding hydrogens is 160 g/mol. The maximum absolute atomic E-state index is 5.04. The van der Waals surface area contributed by atoms with Crippen molar-refractivity contribution in [2.75, 3.05) is 6.61 Å². The molecule has 0 amide bonds. The molecule has 0 unspecified atom stereocenters. The Labute approximate surface area is 69.2 Å². The number of nitrogens with zero attached hydrogens (tertiary/aromatic N) is 1. The molecule has 1 fully saturated rings. The molecule has 1 aromatic rings. The fraction of sp³-hybridized carbons (Fsp3) is 0.571. The van der Waals surface area contributed by atoms with Gasteiger partial charge >= 0.3 is 0 Å². The minimum atomic E-state index is 0.175. The molecule has 0 aromatic carbocycles. The van der Waals surface area contributed by atoms with Crippen LogP contribution in [0.1, 0.15) is 18.5 Å². The molecule has 0 atom stereocenters. The first kappa shape index (κ1) is 7.21. The molecule has 4 heteroatoms. The Bertz CT molecular complexity index is 231. The quantitative estimate of drug-likeness (QED) is 0.690. The van der Waals surface area contributed by atoms with Gasteiger partial charge in [0.1, 0.15) is 0 Å². The molecule has 2 N–H and O–H groups in total. The molecule has 11 heavy (non-hydrogen) atoms. The van der Waals surface area contributed by atoms with Crippen LogP contribution in [0.2, 0.25) is 0 Å². The van der Waals surface area contributed by atoms with Crippen molar-refractivity contribution >= 4 is 11.3 Å². The zero-order chi connectivity index (χ0) is 7.73. The van der Waals surface area contributed by atoms with Crippen molar-refractivity contribution in [3.05, 3.63) is 16.6 Å². The Hall–Kier alpha value is -0.450. The van der Waals surface area contributed by atoms with Crippen molar-refractivity contribution in [1.29, 1.82) is 0 Å². The van der Waals surface area contributed by atoms with Crippen LogP contribution in [0.4, 0.5) is 0 Å². The molecule has 1 aliphatic carbocycles. The summed E-state index contributed by atoms with van der Waals surface area (Å²) >= 11 is 1.62. The molecule has 0 aliphatic heterocycles. The van der Waals surface area contributed by atoms with E-state index in [1.54, 1.807) is 11.3 Å². The normalized spacial score (nSPS) is 20.1. The highest BCUT2D eigenvalue weighted by molar-refractivity contribution is 7.07. The average Bonchev–Trinajstić information content (AvgIpc) is 2.63. The molecule has 1 saturated carbocycles. The molecule has 1 heterocycles. The number of hydrogen-bond donors (Lipinski definition) is 1. The molecule has 1 aliphatic rings. The second kappa shape index (κ2) is 2.55.